The predicted octanol–water partition coefficient (Wildman–Crippen LogP) is 1.85. The third-order valence-electron chi connectivity index (χ3n) is 3.75. The predicted molar refractivity (Wildman–Crippen MR) is 90.0 cm³/mol. The normalized spacial score (nSPS) is 16.9. The van der Waals surface area contributed by atoms with Gasteiger partial charge in [0.25, 0.3) is 5.82 Å². The van der Waals surface area contributed by atoms with Gasteiger partial charge in [0.1, 0.15) is 18.9 Å². The summed E-state index contributed by atoms with van der Waals surface area (Å²) >= 11 is 12.1. The summed E-state index contributed by atoms with van der Waals surface area (Å²) in [6.07, 6.45) is 2.19. The molecule has 1 aromatic heterocycles. The summed E-state index contributed by atoms with van der Waals surface area (Å²) in [6.45, 7) is 1.51. The molecular weight excluding hydrogens is 351 g/mol. The highest BCUT2D eigenvalue weighted by Crippen LogP contribution is 2.31. The number of rotatable bonds is 4. The van der Waals surface area contributed by atoms with Crippen LogP contribution in [0.2, 0.25) is 10.0 Å². The van der Waals surface area contributed by atoms with Crippen molar-refractivity contribution in [3.63, 3.8) is 0 Å². The monoisotopic (exact) mass is 364 g/mol. The van der Waals surface area contributed by atoms with Crippen molar-refractivity contribution in [1.82, 2.24) is 20.1 Å². The fourth-order valence-electron chi connectivity index (χ4n) is 2.68. The molecule has 1 aliphatic heterocycles. The van der Waals surface area contributed by atoms with Gasteiger partial charge in [-0.25, -0.2) is 9.67 Å². The number of halogens is 2. The molecule has 0 bridgehead atoms. The van der Waals surface area contributed by atoms with Crippen LogP contribution in [0.5, 0.6) is 0 Å². The van der Waals surface area contributed by atoms with Gasteiger partial charge in [-0.3, -0.25) is 4.79 Å². The second kappa shape index (κ2) is 7.07. The number of nitrogens with one attached hydrogen (secondary N) is 1. The average molecular weight is 365 g/mol. The molecule has 0 saturated carbocycles. The highest BCUT2D eigenvalue weighted by Gasteiger charge is 2.25. The number of hydrogen-bond donors (Lipinski definition) is 1. The van der Waals surface area contributed by atoms with Gasteiger partial charge in [-0.2, -0.15) is 5.26 Å². The van der Waals surface area contributed by atoms with Crippen LogP contribution in [0.25, 0.3) is 0 Å². The molecule has 1 aliphatic rings. The van der Waals surface area contributed by atoms with E-state index in [-0.39, 0.29) is 24.3 Å². The summed E-state index contributed by atoms with van der Waals surface area (Å²) in [5.74, 6) is -0.120. The van der Waals surface area contributed by atoms with Crippen LogP contribution in [0, 0.1) is 11.3 Å². The van der Waals surface area contributed by atoms with Gasteiger partial charge in [0.15, 0.2) is 0 Å². The largest absolute Gasteiger partial charge is 0.368 e. The molecule has 1 fully saturated rings. The molecule has 124 valence electrons. The molecule has 1 atom stereocenters. The van der Waals surface area contributed by atoms with E-state index in [0.29, 0.717) is 16.6 Å². The molecular formula is C15H14Cl2N6O. The van der Waals surface area contributed by atoms with E-state index in [1.54, 1.807) is 12.1 Å². The Kier molecular flexibility index (Phi) is 4.88. The van der Waals surface area contributed by atoms with E-state index >= 15 is 0 Å². The van der Waals surface area contributed by atoms with Crippen molar-refractivity contribution in [1.29, 1.82) is 5.26 Å². The van der Waals surface area contributed by atoms with Gasteiger partial charge in [-0.05, 0) is 24.6 Å². The zero-order valence-corrected chi connectivity index (χ0v) is 14.1. The van der Waals surface area contributed by atoms with E-state index in [1.807, 2.05) is 12.1 Å². The maximum Gasteiger partial charge on any atom is 0.252 e. The molecule has 1 saturated heterocycles. The molecule has 9 heteroatoms. The van der Waals surface area contributed by atoms with Gasteiger partial charge < -0.3 is 10.2 Å². The first kappa shape index (κ1) is 16.6. The zero-order chi connectivity index (χ0) is 17.1. The number of nitriles is 1. The van der Waals surface area contributed by atoms with Crippen LogP contribution in [0.4, 0.5) is 5.69 Å². The zero-order valence-electron chi connectivity index (χ0n) is 12.6. The molecule has 24 heavy (non-hydrogen) atoms. The summed E-state index contributed by atoms with van der Waals surface area (Å²) in [6, 6.07) is 7.24. The van der Waals surface area contributed by atoms with Crippen LogP contribution in [0.15, 0.2) is 24.5 Å². The molecule has 1 N–H and O–H groups in total. The molecule has 3 rings (SSSR count). The quantitative estimate of drug-likeness (QED) is 0.894. The van der Waals surface area contributed by atoms with E-state index in [4.69, 9.17) is 28.5 Å². The van der Waals surface area contributed by atoms with Gasteiger partial charge in [0, 0.05) is 24.2 Å². The van der Waals surface area contributed by atoms with Gasteiger partial charge in [0.05, 0.1) is 10.7 Å². The van der Waals surface area contributed by atoms with E-state index in [0.717, 1.165) is 18.7 Å². The Hall–Kier alpha value is -2.30. The van der Waals surface area contributed by atoms with E-state index in [1.165, 1.54) is 11.0 Å². The van der Waals surface area contributed by atoms with E-state index < -0.39 is 0 Å². The summed E-state index contributed by atoms with van der Waals surface area (Å²) in [5, 5.41) is 16.7. The lowest BCUT2D eigenvalue weighted by atomic mass is 10.2. The molecule has 2 aromatic rings. The number of anilines is 1. The molecule has 0 aliphatic carbocycles. The summed E-state index contributed by atoms with van der Waals surface area (Å²) in [7, 11) is 0. The second-order valence-corrected chi connectivity index (χ2v) is 6.32. The fraction of sp³-hybridized carbons (Fsp3) is 0.333. The first-order valence-electron chi connectivity index (χ1n) is 7.34. The van der Waals surface area contributed by atoms with E-state index in [9.17, 15) is 4.79 Å². The lowest BCUT2D eigenvalue weighted by molar-refractivity contribution is -0.122. The van der Waals surface area contributed by atoms with Crippen LogP contribution in [-0.2, 0) is 11.3 Å². The molecule has 1 aromatic carbocycles. The molecule has 0 radical (unpaired) electrons. The molecule has 2 heterocycles. The van der Waals surface area contributed by atoms with Crippen LogP contribution >= 0.6 is 23.2 Å². The second-order valence-electron chi connectivity index (χ2n) is 5.47. The topological polar surface area (TPSA) is 86.8 Å². The lowest BCUT2D eigenvalue weighted by Gasteiger charge is -2.20. The van der Waals surface area contributed by atoms with Gasteiger partial charge in [0.2, 0.25) is 5.91 Å². The minimum atomic E-state index is -0.168. The van der Waals surface area contributed by atoms with Crippen molar-refractivity contribution in [2.75, 3.05) is 18.0 Å². The van der Waals surface area contributed by atoms with E-state index in [2.05, 4.69) is 20.3 Å². The number of carbonyl (C=O) groups is 1. The maximum atomic E-state index is 12.1. The minimum absolute atomic E-state index is 0.0307. The fourth-order valence-corrected chi connectivity index (χ4v) is 3.21. The molecule has 0 spiro atoms. The number of nitrogens with zero attached hydrogens (tertiary/aromatic N) is 5. The maximum absolute atomic E-state index is 12.1. The minimum Gasteiger partial charge on any atom is -0.368 e. The van der Waals surface area contributed by atoms with Gasteiger partial charge in [-0.1, -0.05) is 23.2 Å². The van der Waals surface area contributed by atoms with Crippen molar-refractivity contribution >= 4 is 34.8 Å². The lowest BCUT2D eigenvalue weighted by Crippen LogP contribution is -2.39. The molecule has 7 nitrogen and oxygen atoms in total. The van der Waals surface area contributed by atoms with Crippen LogP contribution in [-0.4, -0.2) is 39.8 Å². The van der Waals surface area contributed by atoms with Crippen molar-refractivity contribution in [2.45, 2.75) is 19.0 Å². The Morgan fingerprint density at radius 3 is 3.00 bits per heavy atom. The molecule has 1 amide bonds. The summed E-state index contributed by atoms with van der Waals surface area (Å²) in [4.78, 5) is 18.0. The van der Waals surface area contributed by atoms with Crippen molar-refractivity contribution in [3.05, 3.63) is 40.4 Å². The third-order valence-corrected chi connectivity index (χ3v) is 4.28. The van der Waals surface area contributed by atoms with Gasteiger partial charge in [-0.15, -0.1) is 5.10 Å². The third kappa shape index (κ3) is 3.78. The first-order chi connectivity index (χ1) is 11.5. The highest BCUT2D eigenvalue weighted by atomic mass is 35.5. The van der Waals surface area contributed by atoms with Crippen molar-refractivity contribution in [3.8, 4) is 6.07 Å². The standard InChI is InChI=1S/C15H14Cl2N6O/c16-10-1-2-13(12(17)5-10)22-4-3-11(7-22)20-15(24)8-23-9-19-14(6-18)21-23/h1-2,5,9,11H,3-4,7-8H2,(H,20,24). The first-order valence-corrected chi connectivity index (χ1v) is 8.09. The average Bonchev–Trinajstić information content (AvgIpc) is 3.16. The number of aromatic nitrogens is 3. The Labute approximate surface area is 148 Å². The highest BCUT2D eigenvalue weighted by molar-refractivity contribution is 6.36. The summed E-state index contributed by atoms with van der Waals surface area (Å²) < 4.78 is 1.34. The Balaban J connectivity index is 1.56. The van der Waals surface area contributed by atoms with Crippen molar-refractivity contribution < 1.29 is 4.79 Å². The number of carbonyl (C=O) groups excluding carboxylic acids is 1. The van der Waals surface area contributed by atoms with Gasteiger partial charge >= 0.3 is 0 Å². The van der Waals surface area contributed by atoms with Crippen molar-refractivity contribution in [2.24, 2.45) is 0 Å². The Morgan fingerprint density at radius 1 is 1.46 bits per heavy atom. The van der Waals surface area contributed by atoms with Crippen LogP contribution < -0.4 is 10.2 Å². The Bertz CT molecular complexity index is 800. The number of amides is 1. The number of hydrogen-bond acceptors (Lipinski definition) is 5. The van der Waals surface area contributed by atoms with Crippen LogP contribution in [0.1, 0.15) is 12.2 Å². The number of benzene rings is 1. The van der Waals surface area contributed by atoms with Crippen LogP contribution in [0.3, 0.4) is 0 Å². The smallest absolute Gasteiger partial charge is 0.252 e. The molecule has 1 unspecified atom stereocenters. The summed E-state index contributed by atoms with van der Waals surface area (Å²) in [5.41, 5.74) is 0.910. The Morgan fingerprint density at radius 2 is 2.29 bits per heavy atom. The SMILES string of the molecule is N#Cc1ncn(CC(=O)NC2CCN(c3ccc(Cl)cc3Cl)C2)n1.